The number of thiophene rings is 1. The van der Waals surface area contributed by atoms with Gasteiger partial charge in [-0.1, -0.05) is 31.5 Å². The lowest BCUT2D eigenvalue weighted by atomic mass is 9.99. The van der Waals surface area contributed by atoms with Crippen LogP contribution in [0.15, 0.2) is 40.2 Å². The molecule has 0 spiro atoms. The van der Waals surface area contributed by atoms with Gasteiger partial charge in [0.05, 0.1) is 19.1 Å². The third-order valence-electron chi connectivity index (χ3n) is 4.59. The van der Waals surface area contributed by atoms with Crippen LogP contribution in [0.2, 0.25) is 0 Å². The van der Waals surface area contributed by atoms with Gasteiger partial charge in [0.1, 0.15) is 6.04 Å². The van der Waals surface area contributed by atoms with Crippen molar-refractivity contribution in [2.45, 2.75) is 26.3 Å². The van der Waals surface area contributed by atoms with Crippen LogP contribution in [0.4, 0.5) is 0 Å². The van der Waals surface area contributed by atoms with Gasteiger partial charge in [-0.3, -0.25) is 4.79 Å². The minimum atomic E-state index is -0.374. The number of carbonyl (C=O) groups is 1. The summed E-state index contributed by atoms with van der Waals surface area (Å²) in [6.07, 6.45) is 0.851. The summed E-state index contributed by atoms with van der Waals surface area (Å²) < 4.78 is 16.1. The first kappa shape index (κ1) is 19.9. The minimum Gasteiger partial charge on any atom is -0.493 e. The fourth-order valence-electron chi connectivity index (χ4n) is 2.76. The first-order valence-electron chi connectivity index (χ1n) is 8.97. The number of hydrogen-bond acceptors (Lipinski definition) is 7. The zero-order valence-corrected chi connectivity index (χ0v) is 17.1. The van der Waals surface area contributed by atoms with Gasteiger partial charge in [0.15, 0.2) is 11.5 Å². The van der Waals surface area contributed by atoms with Crippen molar-refractivity contribution < 1.29 is 18.8 Å². The monoisotopic (exact) mass is 401 g/mol. The highest BCUT2D eigenvalue weighted by Gasteiger charge is 2.27. The summed E-state index contributed by atoms with van der Waals surface area (Å²) >= 11 is 1.39. The quantitative estimate of drug-likeness (QED) is 0.604. The maximum absolute atomic E-state index is 12.5. The standard InChI is InChI=1S/C20H23N3O4S/c1-5-12(2)17(21-19(24)16-7-6-10-28-16)20-22-18(23-27-20)13-8-9-14(25-3)15(11-13)26-4/h6-12,17H,5H2,1-4H3,(H,21,24)/t12-,17-/m0/s1. The molecule has 3 aromatic rings. The Morgan fingerprint density at radius 2 is 2.04 bits per heavy atom. The summed E-state index contributed by atoms with van der Waals surface area (Å²) in [6, 6.07) is 8.67. The van der Waals surface area contributed by atoms with Gasteiger partial charge < -0.3 is 19.3 Å². The minimum absolute atomic E-state index is 0.127. The van der Waals surface area contributed by atoms with Crippen LogP contribution in [-0.2, 0) is 0 Å². The van der Waals surface area contributed by atoms with Gasteiger partial charge in [0.25, 0.3) is 5.91 Å². The lowest BCUT2D eigenvalue weighted by Crippen LogP contribution is -2.32. The maximum atomic E-state index is 12.5. The van der Waals surface area contributed by atoms with E-state index < -0.39 is 0 Å². The Hall–Kier alpha value is -2.87. The predicted molar refractivity (Wildman–Crippen MR) is 107 cm³/mol. The van der Waals surface area contributed by atoms with E-state index in [-0.39, 0.29) is 17.9 Å². The van der Waals surface area contributed by atoms with Gasteiger partial charge in [0.2, 0.25) is 11.7 Å². The van der Waals surface area contributed by atoms with Gasteiger partial charge in [-0.15, -0.1) is 11.3 Å². The fourth-order valence-corrected chi connectivity index (χ4v) is 3.38. The van der Waals surface area contributed by atoms with Crippen LogP contribution in [0.3, 0.4) is 0 Å². The smallest absolute Gasteiger partial charge is 0.262 e. The maximum Gasteiger partial charge on any atom is 0.262 e. The molecule has 1 N–H and O–H groups in total. The van der Waals surface area contributed by atoms with E-state index in [0.29, 0.717) is 28.1 Å². The summed E-state index contributed by atoms with van der Waals surface area (Å²) in [5, 5.41) is 8.99. The Labute approximate surface area is 167 Å². The number of rotatable bonds is 8. The molecule has 1 aromatic carbocycles. The molecule has 2 atom stereocenters. The Balaban J connectivity index is 1.87. The van der Waals surface area contributed by atoms with E-state index in [9.17, 15) is 4.79 Å². The van der Waals surface area contributed by atoms with Crippen molar-refractivity contribution in [2.75, 3.05) is 14.2 Å². The highest BCUT2D eigenvalue weighted by atomic mass is 32.1. The third-order valence-corrected chi connectivity index (χ3v) is 5.46. The average molecular weight is 401 g/mol. The first-order valence-corrected chi connectivity index (χ1v) is 9.85. The summed E-state index contributed by atoms with van der Waals surface area (Å²) in [6.45, 7) is 4.10. The Morgan fingerprint density at radius 1 is 1.25 bits per heavy atom. The van der Waals surface area contributed by atoms with Crippen molar-refractivity contribution in [2.24, 2.45) is 5.92 Å². The normalized spacial score (nSPS) is 13.0. The second-order valence-corrected chi connectivity index (χ2v) is 7.29. The van der Waals surface area contributed by atoms with Crippen molar-refractivity contribution >= 4 is 17.2 Å². The van der Waals surface area contributed by atoms with Gasteiger partial charge >= 0.3 is 0 Å². The summed E-state index contributed by atoms with van der Waals surface area (Å²) in [4.78, 5) is 17.7. The first-order chi connectivity index (χ1) is 13.6. The number of benzene rings is 1. The van der Waals surface area contributed by atoms with E-state index in [0.717, 1.165) is 12.0 Å². The molecule has 28 heavy (non-hydrogen) atoms. The molecule has 0 saturated heterocycles. The van der Waals surface area contributed by atoms with Crippen LogP contribution >= 0.6 is 11.3 Å². The molecular formula is C20H23N3O4S. The molecule has 0 saturated carbocycles. The van der Waals surface area contributed by atoms with Crippen LogP contribution in [0.5, 0.6) is 11.5 Å². The molecular weight excluding hydrogens is 378 g/mol. The van der Waals surface area contributed by atoms with Crippen molar-refractivity contribution in [3.05, 3.63) is 46.5 Å². The average Bonchev–Trinajstić information content (AvgIpc) is 3.43. The van der Waals surface area contributed by atoms with E-state index >= 15 is 0 Å². The molecule has 0 fully saturated rings. The molecule has 0 aliphatic carbocycles. The molecule has 8 heteroatoms. The zero-order chi connectivity index (χ0) is 20.1. The summed E-state index contributed by atoms with van der Waals surface area (Å²) in [5.74, 6) is 1.99. The molecule has 2 aromatic heterocycles. The summed E-state index contributed by atoms with van der Waals surface area (Å²) in [5.41, 5.74) is 0.736. The number of carbonyl (C=O) groups excluding carboxylic acids is 1. The highest BCUT2D eigenvalue weighted by molar-refractivity contribution is 7.12. The van der Waals surface area contributed by atoms with Gasteiger partial charge in [-0.05, 0) is 35.6 Å². The highest BCUT2D eigenvalue weighted by Crippen LogP contribution is 2.32. The second-order valence-electron chi connectivity index (χ2n) is 6.34. The Kier molecular flexibility index (Phi) is 6.30. The molecule has 0 bridgehead atoms. The zero-order valence-electron chi connectivity index (χ0n) is 16.3. The van der Waals surface area contributed by atoms with Crippen LogP contribution in [0.25, 0.3) is 11.4 Å². The van der Waals surface area contributed by atoms with Crippen molar-refractivity contribution in [3.63, 3.8) is 0 Å². The van der Waals surface area contributed by atoms with E-state index in [2.05, 4.69) is 22.4 Å². The molecule has 1 amide bonds. The van der Waals surface area contributed by atoms with Gasteiger partial charge in [-0.2, -0.15) is 4.98 Å². The third kappa shape index (κ3) is 4.17. The number of methoxy groups -OCH3 is 2. The number of nitrogens with zero attached hydrogens (tertiary/aromatic N) is 2. The molecule has 7 nitrogen and oxygen atoms in total. The van der Waals surface area contributed by atoms with Crippen LogP contribution < -0.4 is 14.8 Å². The molecule has 0 aliphatic rings. The van der Waals surface area contributed by atoms with Gasteiger partial charge in [-0.25, -0.2) is 0 Å². The van der Waals surface area contributed by atoms with E-state index in [1.165, 1.54) is 11.3 Å². The predicted octanol–water partition coefficient (Wildman–Crippen LogP) is 4.33. The largest absolute Gasteiger partial charge is 0.493 e. The lowest BCUT2D eigenvalue weighted by molar-refractivity contribution is 0.0914. The number of aromatic nitrogens is 2. The van der Waals surface area contributed by atoms with Crippen LogP contribution in [-0.4, -0.2) is 30.3 Å². The van der Waals surface area contributed by atoms with Crippen LogP contribution in [0.1, 0.15) is 41.9 Å². The SMILES string of the molecule is CC[C@H](C)[C@H](NC(=O)c1cccs1)c1nc(-c2ccc(OC)c(OC)c2)no1. The molecule has 0 radical (unpaired) electrons. The fraction of sp³-hybridized carbons (Fsp3) is 0.350. The molecule has 148 valence electrons. The van der Waals surface area contributed by atoms with Crippen molar-refractivity contribution in [1.29, 1.82) is 0 Å². The van der Waals surface area contributed by atoms with E-state index in [1.807, 2.05) is 24.4 Å². The molecule has 0 unspecified atom stereocenters. The van der Waals surface area contributed by atoms with E-state index in [4.69, 9.17) is 14.0 Å². The van der Waals surface area contributed by atoms with Crippen LogP contribution in [0, 0.1) is 5.92 Å². The van der Waals surface area contributed by atoms with Crippen molar-refractivity contribution in [1.82, 2.24) is 15.5 Å². The molecule has 2 heterocycles. The lowest BCUT2D eigenvalue weighted by Gasteiger charge is -2.20. The van der Waals surface area contributed by atoms with Crippen molar-refractivity contribution in [3.8, 4) is 22.9 Å². The molecule has 3 rings (SSSR count). The van der Waals surface area contributed by atoms with Gasteiger partial charge in [0, 0.05) is 5.56 Å². The van der Waals surface area contributed by atoms with E-state index in [1.54, 1.807) is 32.4 Å². The Morgan fingerprint density at radius 3 is 2.68 bits per heavy atom. The number of ether oxygens (including phenoxy) is 2. The number of amides is 1. The second kappa shape index (κ2) is 8.88. The Bertz CT molecular complexity index is 923. The number of hydrogen-bond donors (Lipinski definition) is 1. The number of nitrogens with one attached hydrogen (secondary N) is 1. The molecule has 0 aliphatic heterocycles. The summed E-state index contributed by atoms with van der Waals surface area (Å²) in [7, 11) is 3.15. The topological polar surface area (TPSA) is 86.5 Å².